The molecule has 1 aromatic heterocycles. The van der Waals surface area contributed by atoms with Gasteiger partial charge in [0, 0.05) is 12.1 Å². The van der Waals surface area contributed by atoms with E-state index in [1.807, 2.05) is 0 Å². The fourth-order valence-electron chi connectivity index (χ4n) is 2.15. The average molecular weight is 312 g/mol. The molecular weight excluding hydrogens is 303 g/mol. The van der Waals surface area contributed by atoms with E-state index >= 15 is 0 Å². The van der Waals surface area contributed by atoms with Gasteiger partial charge in [-0.05, 0) is 24.6 Å². The van der Waals surface area contributed by atoms with E-state index in [-0.39, 0.29) is 27.7 Å². The van der Waals surface area contributed by atoms with Crippen LogP contribution in [0.3, 0.4) is 0 Å². The lowest BCUT2D eigenvalue weighted by Crippen LogP contribution is -2.04. The van der Waals surface area contributed by atoms with Crippen molar-refractivity contribution in [3.05, 3.63) is 52.3 Å². The van der Waals surface area contributed by atoms with E-state index in [1.165, 1.54) is 13.0 Å². The van der Waals surface area contributed by atoms with Gasteiger partial charge < -0.3 is 5.73 Å². The van der Waals surface area contributed by atoms with Gasteiger partial charge in [-0.1, -0.05) is 11.6 Å². The molecule has 0 atom stereocenters. The van der Waals surface area contributed by atoms with Crippen LogP contribution in [0.1, 0.15) is 5.56 Å². The summed E-state index contributed by atoms with van der Waals surface area (Å²) in [6, 6.07) is 4.40. The maximum absolute atomic E-state index is 14.1. The molecule has 0 saturated carbocycles. The van der Waals surface area contributed by atoms with E-state index < -0.39 is 17.5 Å². The number of aromatic nitrogens is 2. The number of hydrogen-bond donors (Lipinski definition) is 1. The molecule has 0 fully saturated rings. The molecule has 3 nitrogen and oxygen atoms in total. The van der Waals surface area contributed by atoms with Gasteiger partial charge in [0.15, 0.2) is 0 Å². The summed E-state index contributed by atoms with van der Waals surface area (Å²) in [6.07, 6.45) is 0. The Hall–Kier alpha value is -2.21. The Balaban J connectivity index is 2.37. The Labute approximate surface area is 122 Å². The molecule has 0 aliphatic rings. The van der Waals surface area contributed by atoms with E-state index in [1.54, 1.807) is 0 Å². The van der Waals surface area contributed by atoms with Gasteiger partial charge >= 0.3 is 0 Å². The second-order valence-corrected chi connectivity index (χ2v) is 5.02. The van der Waals surface area contributed by atoms with Crippen molar-refractivity contribution in [2.24, 2.45) is 0 Å². The molecule has 3 aromatic rings. The lowest BCUT2D eigenvalue weighted by molar-refractivity contribution is 0.586. The topological polar surface area (TPSA) is 43.8 Å². The van der Waals surface area contributed by atoms with Gasteiger partial charge in [0.1, 0.15) is 17.5 Å². The number of aryl methyl sites for hydroxylation is 1. The molecule has 2 aromatic carbocycles. The van der Waals surface area contributed by atoms with Crippen LogP contribution in [-0.4, -0.2) is 9.55 Å². The molecule has 7 heteroatoms. The molecule has 3 rings (SSSR count). The number of halogens is 4. The third-order valence-corrected chi connectivity index (χ3v) is 3.48. The average Bonchev–Trinajstić information content (AvgIpc) is 2.70. The highest BCUT2D eigenvalue weighted by Crippen LogP contribution is 2.29. The van der Waals surface area contributed by atoms with Crippen LogP contribution >= 0.6 is 11.6 Å². The molecule has 0 aliphatic heterocycles. The van der Waals surface area contributed by atoms with Crippen LogP contribution in [0.25, 0.3) is 16.7 Å². The summed E-state index contributed by atoms with van der Waals surface area (Å²) < 4.78 is 42.5. The second kappa shape index (κ2) is 4.66. The summed E-state index contributed by atoms with van der Waals surface area (Å²) in [5.41, 5.74) is 6.26. The number of anilines is 1. The molecule has 0 unspecified atom stereocenters. The molecule has 1 heterocycles. The molecule has 21 heavy (non-hydrogen) atoms. The first-order chi connectivity index (χ1) is 9.88. The zero-order valence-corrected chi connectivity index (χ0v) is 11.5. The second-order valence-electron chi connectivity index (χ2n) is 4.61. The number of nitrogen functional groups attached to an aromatic ring is 1. The first-order valence-electron chi connectivity index (χ1n) is 5.97. The van der Waals surface area contributed by atoms with Crippen molar-refractivity contribution in [1.82, 2.24) is 9.55 Å². The molecular formula is C14H9ClF3N3. The quantitative estimate of drug-likeness (QED) is 0.738. The Kier molecular flexibility index (Phi) is 3.06. The first-order valence-corrected chi connectivity index (χ1v) is 6.35. The SMILES string of the molecule is Cc1cc(F)c(-n2c(N)nc3cc(Cl)c(F)cc32)cc1F. The van der Waals surface area contributed by atoms with Gasteiger partial charge in [0.25, 0.3) is 0 Å². The number of rotatable bonds is 1. The lowest BCUT2D eigenvalue weighted by Gasteiger charge is -2.09. The minimum atomic E-state index is -0.696. The number of nitrogens with two attached hydrogens (primary N) is 1. The van der Waals surface area contributed by atoms with Crippen LogP contribution in [0.4, 0.5) is 19.1 Å². The van der Waals surface area contributed by atoms with Crippen LogP contribution in [0.2, 0.25) is 5.02 Å². The van der Waals surface area contributed by atoms with E-state index in [2.05, 4.69) is 4.98 Å². The Morgan fingerprint density at radius 1 is 1.05 bits per heavy atom. The van der Waals surface area contributed by atoms with Crippen molar-refractivity contribution in [1.29, 1.82) is 0 Å². The molecule has 0 bridgehead atoms. The van der Waals surface area contributed by atoms with Gasteiger partial charge in [0.2, 0.25) is 5.95 Å². The standard InChI is InChI=1S/C14H9ClF3N3/c1-6-2-10(18)12(4-8(6)16)21-13-5-9(17)7(15)3-11(13)20-14(21)19/h2-5H,1H3,(H2,19,20). The minimum absolute atomic E-state index is 0.0891. The fraction of sp³-hybridized carbons (Fsp3) is 0.0714. The lowest BCUT2D eigenvalue weighted by atomic mass is 10.2. The Morgan fingerprint density at radius 2 is 1.76 bits per heavy atom. The summed E-state index contributed by atoms with van der Waals surface area (Å²) >= 11 is 5.67. The van der Waals surface area contributed by atoms with Crippen LogP contribution in [0, 0.1) is 24.4 Å². The fourth-order valence-corrected chi connectivity index (χ4v) is 2.31. The highest BCUT2D eigenvalue weighted by Gasteiger charge is 2.17. The van der Waals surface area contributed by atoms with Gasteiger partial charge in [-0.15, -0.1) is 0 Å². The van der Waals surface area contributed by atoms with E-state index in [4.69, 9.17) is 17.3 Å². The highest BCUT2D eigenvalue weighted by molar-refractivity contribution is 6.31. The summed E-state index contributed by atoms with van der Waals surface area (Å²) in [7, 11) is 0. The molecule has 0 aliphatic carbocycles. The van der Waals surface area contributed by atoms with Crippen LogP contribution in [0.15, 0.2) is 24.3 Å². The molecule has 0 spiro atoms. The number of nitrogens with zero attached hydrogens (tertiary/aromatic N) is 2. The molecule has 0 amide bonds. The molecule has 2 N–H and O–H groups in total. The monoisotopic (exact) mass is 311 g/mol. The van der Waals surface area contributed by atoms with Crippen molar-refractivity contribution >= 4 is 28.6 Å². The normalized spacial score (nSPS) is 11.3. The predicted molar refractivity (Wildman–Crippen MR) is 75.1 cm³/mol. The van der Waals surface area contributed by atoms with E-state index in [0.717, 1.165) is 22.8 Å². The minimum Gasteiger partial charge on any atom is -0.369 e. The highest BCUT2D eigenvalue weighted by atomic mass is 35.5. The summed E-state index contributed by atoms with van der Waals surface area (Å²) in [4.78, 5) is 3.99. The van der Waals surface area contributed by atoms with E-state index in [9.17, 15) is 13.2 Å². The summed E-state index contributed by atoms with van der Waals surface area (Å²) in [5, 5.41) is -0.122. The van der Waals surface area contributed by atoms with Gasteiger partial charge in [-0.3, -0.25) is 4.57 Å². The molecule has 108 valence electrons. The summed E-state index contributed by atoms with van der Waals surface area (Å²) in [6.45, 7) is 1.44. The van der Waals surface area contributed by atoms with Gasteiger partial charge in [-0.2, -0.15) is 0 Å². The number of benzene rings is 2. The number of imidazole rings is 1. The zero-order valence-electron chi connectivity index (χ0n) is 10.8. The Morgan fingerprint density at radius 3 is 2.48 bits per heavy atom. The maximum atomic E-state index is 14.1. The number of hydrogen-bond acceptors (Lipinski definition) is 2. The van der Waals surface area contributed by atoms with Gasteiger partial charge in [0.05, 0.1) is 21.7 Å². The Bertz CT molecular complexity index is 874. The maximum Gasteiger partial charge on any atom is 0.206 e. The van der Waals surface area contributed by atoms with Gasteiger partial charge in [-0.25, -0.2) is 18.2 Å². The van der Waals surface area contributed by atoms with Crippen LogP contribution < -0.4 is 5.73 Å². The predicted octanol–water partition coefficient (Wildman–Crippen LogP) is 3.99. The van der Waals surface area contributed by atoms with E-state index in [0.29, 0.717) is 5.52 Å². The van der Waals surface area contributed by atoms with Crippen molar-refractivity contribution in [2.75, 3.05) is 5.73 Å². The van der Waals surface area contributed by atoms with Crippen molar-refractivity contribution < 1.29 is 13.2 Å². The third kappa shape index (κ3) is 2.12. The van der Waals surface area contributed by atoms with Crippen LogP contribution in [-0.2, 0) is 0 Å². The molecule has 0 radical (unpaired) electrons. The molecule has 0 saturated heterocycles. The third-order valence-electron chi connectivity index (χ3n) is 3.19. The number of fused-ring (bicyclic) bond motifs is 1. The smallest absolute Gasteiger partial charge is 0.206 e. The van der Waals surface area contributed by atoms with Crippen molar-refractivity contribution in [2.45, 2.75) is 6.92 Å². The summed E-state index contributed by atoms with van der Waals surface area (Å²) in [5.74, 6) is -2.07. The largest absolute Gasteiger partial charge is 0.369 e. The van der Waals surface area contributed by atoms with Crippen molar-refractivity contribution in [3.63, 3.8) is 0 Å². The van der Waals surface area contributed by atoms with Crippen molar-refractivity contribution in [3.8, 4) is 5.69 Å². The van der Waals surface area contributed by atoms with Crippen LogP contribution in [0.5, 0.6) is 0 Å². The zero-order chi connectivity index (χ0) is 15.3. The first kappa shape index (κ1) is 13.8.